The van der Waals surface area contributed by atoms with Gasteiger partial charge in [0.1, 0.15) is 24.2 Å². The highest BCUT2D eigenvalue weighted by atomic mass is 127. The number of hydrogen-bond acceptors (Lipinski definition) is 0. The van der Waals surface area contributed by atoms with Gasteiger partial charge in [-0.05, 0) is 79.7 Å². The van der Waals surface area contributed by atoms with E-state index in [1.807, 2.05) is 0 Å². The minimum atomic E-state index is -1.90. The molecule has 4 heteroatoms. The lowest BCUT2D eigenvalue weighted by Gasteiger charge is -2.39. The van der Waals surface area contributed by atoms with Crippen LogP contribution in [0.25, 0.3) is 0 Å². The SMILES string of the molecule is CC(C)C(C)(C)[Si](C)(C)C#Cc1ccccc1C#Cc1c(C#C[Si](C)(C)C(C)(C)C(C)C)ccc(C#C[Si](C)(C)C(C)(C)C(C)C)c1I. The zero-order chi connectivity index (χ0) is 37.1. The minimum absolute atomic E-state index is 0.183. The van der Waals surface area contributed by atoms with Crippen molar-refractivity contribution >= 4 is 46.8 Å². The van der Waals surface area contributed by atoms with Gasteiger partial charge in [-0.15, -0.1) is 16.6 Å². The molecule has 0 aliphatic rings. The average Bonchev–Trinajstić information content (AvgIpc) is 2.97. The molecule has 0 aliphatic carbocycles. The monoisotopic (exact) mass is 802 g/mol. The van der Waals surface area contributed by atoms with Crippen molar-refractivity contribution in [2.24, 2.45) is 17.8 Å². The average molecular weight is 803 g/mol. The van der Waals surface area contributed by atoms with Gasteiger partial charge in [0.2, 0.25) is 0 Å². The third kappa shape index (κ3) is 9.23. The van der Waals surface area contributed by atoms with Gasteiger partial charge in [0.05, 0.1) is 5.56 Å². The molecular weight excluding hydrogens is 740 g/mol. The normalized spacial score (nSPS) is 12.8. The fraction of sp³-hybridized carbons (Fsp3) is 0.545. The van der Waals surface area contributed by atoms with Crippen LogP contribution in [0, 0.1) is 67.6 Å². The van der Waals surface area contributed by atoms with Gasteiger partial charge in [-0.1, -0.05) is 164 Å². The second-order valence-corrected chi connectivity index (χ2v) is 33.3. The molecule has 0 nitrogen and oxygen atoms in total. The Hall–Kier alpha value is -1.94. The van der Waals surface area contributed by atoms with Crippen LogP contribution in [0.2, 0.25) is 54.4 Å². The summed E-state index contributed by atoms with van der Waals surface area (Å²) in [6, 6.07) is 12.7. The minimum Gasteiger partial charge on any atom is -0.126 e. The first-order valence-corrected chi connectivity index (χ1v) is 27.8. The number of hydrogen-bond donors (Lipinski definition) is 0. The lowest BCUT2D eigenvalue weighted by Crippen LogP contribution is -2.41. The van der Waals surface area contributed by atoms with Crippen molar-refractivity contribution in [1.29, 1.82) is 0 Å². The van der Waals surface area contributed by atoms with Crippen LogP contribution in [0.1, 0.15) is 111 Å². The van der Waals surface area contributed by atoms with Crippen molar-refractivity contribution in [1.82, 2.24) is 0 Å². The van der Waals surface area contributed by atoms with Gasteiger partial charge < -0.3 is 0 Å². The van der Waals surface area contributed by atoms with E-state index in [0.29, 0.717) is 17.8 Å². The largest absolute Gasteiger partial charge is 0.138 e. The van der Waals surface area contributed by atoms with Crippen LogP contribution in [-0.4, -0.2) is 24.2 Å². The summed E-state index contributed by atoms with van der Waals surface area (Å²) in [7, 11) is -5.61. The zero-order valence-corrected chi connectivity index (χ0v) is 38.7. The fourth-order valence-electron chi connectivity index (χ4n) is 5.05. The Morgan fingerprint density at radius 3 is 1.15 bits per heavy atom. The quantitative estimate of drug-likeness (QED) is 0.155. The van der Waals surface area contributed by atoms with Gasteiger partial charge in [0, 0.05) is 25.8 Å². The van der Waals surface area contributed by atoms with E-state index in [1.54, 1.807) is 0 Å². The third-order valence-corrected chi connectivity index (χ3v) is 27.9. The molecule has 0 saturated carbocycles. The summed E-state index contributed by atoms with van der Waals surface area (Å²) in [5.41, 5.74) is 16.4. The van der Waals surface area contributed by atoms with Gasteiger partial charge in [0.25, 0.3) is 0 Å². The first kappa shape index (κ1) is 42.2. The summed E-state index contributed by atoms with van der Waals surface area (Å²) in [4.78, 5) is 0. The molecule has 0 aliphatic heterocycles. The smallest absolute Gasteiger partial charge is 0.126 e. The van der Waals surface area contributed by atoms with Crippen molar-refractivity contribution in [2.75, 3.05) is 0 Å². The highest BCUT2D eigenvalue weighted by Crippen LogP contribution is 2.45. The highest BCUT2D eigenvalue weighted by Gasteiger charge is 2.42. The van der Waals surface area contributed by atoms with Gasteiger partial charge in [0.15, 0.2) is 0 Å². The van der Waals surface area contributed by atoms with E-state index in [9.17, 15) is 0 Å². The summed E-state index contributed by atoms with van der Waals surface area (Å²) in [6.07, 6.45) is 0. The van der Waals surface area contributed by atoms with Crippen LogP contribution in [0.5, 0.6) is 0 Å². The predicted octanol–water partition coefficient (Wildman–Crippen LogP) is 12.8. The molecule has 0 fully saturated rings. The van der Waals surface area contributed by atoms with Gasteiger partial charge in [-0.3, -0.25) is 0 Å². The Kier molecular flexibility index (Phi) is 13.7. The van der Waals surface area contributed by atoms with E-state index >= 15 is 0 Å². The van der Waals surface area contributed by atoms with Crippen molar-refractivity contribution in [3.8, 4) is 46.2 Å². The summed E-state index contributed by atoms with van der Waals surface area (Å²) >= 11 is 2.46. The van der Waals surface area contributed by atoms with E-state index in [2.05, 4.69) is 228 Å². The molecule has 2 aromatic rings. The van der Waals surface area contributed by atoms with Crippen LogP contribution in [-0.2, 0) is 0 Å². The topological polar surface area (TPSA) is 0 Å². The number of benzene rings is 2. The van der Waals surface area contributed by atoms with Crippen molar-refractivity contribution in [3.05, 3.63) is 67.8 Å². The Morgan fingerprint density at radius 1 is 0.458 bits per heavy atom. The molecule has 2 aromatic carbocycles. The molecule has 0 saturated heterocycles. The lowest BCUT2D eigenvalue weighted by atomic mass is 9.99. The van der Waals surface area contributed by atoms with Gasteiger partial charge >= 0.3 is 0 Å². The molecule has 258 valence electrons. The molecule has 0 N–H and O–H groups in total. The van der Waals surface area contributed by atoms with Crippen LogP contribution >= 0.6 is 22.6 Å². The van der Waals surface area contributed by atoms with Crippen molar-refractivity contribution in [3.63, 3.8) is 0 Å². The molecule has 48 heavy (non-hydrogen) atoms. The molecule has 2 rings (SSSR count). The van der Waals surface area contributed by atoms with E-state index in [4.69, 9.17) is 0 Å². The van der Waals surface area contributed by atoms with E-state index in [0.717, 1.165) is 31.4 Å². The standard InChI is InChI=1S/C44H63ISi3/c1-33(2)42(7,8)46(13,14)30-27-37-22-20-19-21-36(37)25-26-40-38(28-31-47(15,16)43(9,10)34(3)4)23-24-39(41(40)45)29-32-48(17,18)44(11,12)35(5)6/h19-24,33-35H,1-18H3. The number of rotatable bonds is 6. The Balaban J connectivity index is 2.84. The third-order valence-electron chi connectivity index (χ3n) is 13.1. The molecule has 0 aromatic heterocycles. The van der Waals surface area contributed by atoms with Gasteiger partial charge in [-0.25, -0.2) is 0 Å². The molecular formula is C44H63ISi3. The summed E-state index contributed by atoms with van der Waals surface area (Å²) in [5, 5.41) is 0.586. The Bertz CT molecular complexity index is 1730. The van der Waals surface area contributed by atoms with Crippen LogP contribution < -0.4 is 0 Å². The predicted molar refractivity (Wildman–Crippen MR) is 231 cm³/mol. The van der Waals surface area contributed by atoms with Crippen molar-refractivity contribution < 1.29 is 0 Å². The maximum absolute atomic E-state index is 3.81. The second-order valence-electron chi connectivity index (χ2n) is 17.9. The van der Waals surface area contributed by atoms with Crippen LogP contribution in [0.15, 0.2) is 36.4 Å². The Morgan fingerprint density at radius 2 is 0.771 bits per heavy atom. The molecule has 0 bridgehead atoms. The van der Waals surface area contributed by atoms with E-state index in [1.165, 1.54) is 0 Å². The second kappa shape index (κ2) is 15.5. The lowest BCUT2D eigenvalue weighted by molar-refractivity contribution is 0.462. The first-order valence-electron chi connectivity index (χ1n) is 17.8. The van der Waals surface area contributed by atoms with E-state index < -0.39 is 24.2 Å². The molecule has 0 radical (unpaired) electrons. The summed E-state index contributed by atoms with van der Waals surface area (Å²) in [5.74, 6) is 19.8. The van der Waals surface area contributed by atoms with Crippen LogP contribution in [0.4, 0.5) is 0 Å². The molecule has 0 atom stereocenters. The molecule has 0 spiro atoms. The van der Waals surface area contributed by atoms with Crippen molar-refractivity contribution in [2.45, 2.75) is 137 Å². The van der Waals surface area contributed by atoms with E-state index in [-0.39, 0.29) is 15.1 Å². The molecule has 0 heterocycles. The van der Waals surface area contributed by atoms with Crippen LogP contribution in [0.3, 0.4) is 0 Å². The molecule has 0 unspecified atom stereocenters. The summed E-state index contributed by atoms with van der Waals surface area (Å²) in [6.45, 7) is 42.6. The maximum atomic E-state index is 3.81. The zero-order valence-electron chi connectivity index (χ0n) is 33.6. The summed E-state index contributed by atoms with van der Waals surface area (Å²) < 4.78 is 1.09. The number of halogens is 1. The van der Waals surface area contributed by atoms with Gasteiger partial charge in [-0.2, -0.15) is 0 Å². The Labute approximate surface area is 314 Å². The fourth-order valence-corrected chi connectivity index (χ4v) is 12.4. The molecule has 0 amide bonds. The highest BCUT2D eigenvalue weighted by molar-refractivity contribution is 14.1. The first-order chi connectivity index (χ1) is 21.7. The maximum Gasteiger partial charge on any atom is 0.138 e.